The van der Waals surface area contributed by atoms with Crippen molar-refractivity contribution in [3.05, 3.63) is 70.8 Å². The summed E-state index contributed by atoms with van der Waals surface area (Å²) in [4.78, 5) is 27.6. The molecule has 4 aromatic rings. The van der Waals surface area contributed by atoms with E-state index >= 15 is 0 Å². The number of ether oxygens (including phenoxy) is 2. The van der Waals surface area contributed by atoms with Gasteiger partial charge in [-0.2, -0.15) is 5.10 Å². The van der Waals surface area contributed by atoms with E-state index in [0.29, 0.717) is 40.8 Å². The molecule has 1 atom stereocenters. The normalized spacial score (nSPS) is 14.4. The molecule has 3 heterocycles. The van der Waals surface area contributed by atoms with Crippen molar-refractivity contribution in [1.29, 1.82) is 0 Å². The van der Waals surface area contributed by atoms with E-state index in [-0.39, 0.29) is 12.0 Å². The van der Waals surface area contributed by atoms with Crippen LogP contribution in [0.3, 0.4) is 0 Å². The minimum Gasteiger partial charge on any atom is -0.448 e. The first-order valence-electron chi connectivity index (χ1n) is 15.5. The van der Waals surface area contributed by atoms with Crippen LogP contribution < -0.4 is 15.5 Å². The fourth-order valence-corrected chi connectivity index (χ4v) is 6.48. The number of nitrogens with zero attached hydrogens (tertiary/aromatic N) is 6. The summed E-state index contributed by atoms with van der Waals surface area (Å²) in [6, 6.07) is 17.4. The summed E-state index contributed by atoms with van der Waals surface area (Å²) in [7, 11) is 0. The van der Waals surface area contributed by atoms with E-state index in [2.05, 4.69) is 43.5 Å². The molecule has 11 nitrogen and oxygen atoms in total. The Hall–Kier alpha value is -2.78. The molecule has 0 bridgehead atoms. The van der Waals surface area contributed by atoms with Gasteiger partial charge in [0.05, 0.1) is 42.4 Å². The summed E-state index contributed by atoms with van der Waals surface area (Å²) in [5.74, 6) is 1.18. The number of nitrogens with one attached hydrogen (secondary N) is 2. The number of hydrogen-bond acceptors (Lipinski definition) is 10. The summed E-state index contributed by atoms with van der Waals surface area (Å²) in [5, 5.41) is 12.1. The Morgan fingerprint density at radius 1 is 1.11 bits per heavy atom. The van der Waals surface area contributed by atoms with Crippen molar-refractivity contribution >= 4 is 67.9 Å². The molecule has 14 heteroatoms. The van der Waals surface area contributed by atoms with Crippen LogP contribution in [0.15, 0.2) is 70.4 Å². The quantitative estimate of drug-likeness (QED) is 0.0667. The van der Waals surface area contributed by atoms with Crippen molar-refractivity contribution in [2.45, 2.75) is 24.0 Å². The second-order valence-electron chi connectivity index (χ2n) is 10.6. The van der Waals surface area contributed by atoms with E-state index in [9.17, 15) is 4.79 Å². The highest BCUT2D eigenvalue weighted by atomic mass is 79.9. The topological polar surface area (TPSA) is 110 Å². The zero-order chi connectivity index (χ0) is 32.1. The van der Waals surface area contributed by atoms with Crippen LogP contribution in [0.25, 0.3) is 11.0 Å². The van der Waals surface area contributed by atoms with Gasteiger partial charge >= 0.3 is 6.09 Å². The van der Waals surface area contributed by atoms with Crippen molar-refractivity contribution < 1.29 is 14.3 Å². The molecule has 1 aliphatic rings. The number of amides is 1. The van der Waals surface area contributed by atoms with Crippen molar-refractivity contribution in [2.75, 3.05) is 76.3 Å². The number of benzene rings is 2. The highest BCUT2D eigenvalue weighted by Crippen LogP contribution is 2.35. The van der Waals surface area contributed by atoms with Crippen LogP contribution in [-0.4, -0.2) is 102 Å². The van der Waals surface area contributed by atoms with E-state index in [1.807, 2.05) is 54.6 Å². The number of fused-ring (bicyclic) bond motifs is 1. The maximum Gasteiger partial charge on any atom is 0.420 e. The van der Waals surface area contributed by atoms with E-state index in [4.69, 9.17) is 31.0 Å². The van der Waals surface area contributed by atoms with Crippen LogP contribution in [0.1, 0.15) is 17.9 Å². The number of hydrogen-bond donors (Lipinski definition) is 2. The van der Waals surface area contributed by atoms with Gasteiger partial charge in [-0.05, 0) is 30.3 Å². The average molecular weight is 732 g/mol. The van der Waals surface area contributed by atoms with Gasteiger partial charge in [0.2, 0.25) is 0 Å². The Bertz CT molecular complexity index is 1540. The second kappa shape index (κ2) is 17.9. The lowest BCUT2D eigenvalue weighted by Gasteiger charge is -2.26. The Morgan fingerprint density at radius 2 is 1.91 bits per heavy atom. The molecule has 246 valence electrons. The monoisotopic (exact) mass is 730 g/mol. The summed E-state index contributed by atoms with van der Waals surface area (Å²) in [5.41, 5.74) is 2.19. The molecule has 1 saturated heterocycles. The molecule has 0 saturated carbocycles. The Kier molecular flexibility index (Phi) is 13.5. The molecule has 0 spiro atoms. The van der Waals surface area contributed by atoms with Crippen molar-refractivity contribution in [3.8, 4) is 0 Å². The van der Waals surface area contributed by atoms with Gasteiger partial charge in [0, 0.05) is 49.5 Å². The molecule has 0 aliphatic carbocycles. The highest BCUT2D eigenvalue weighted by molar-refractivity contribution is 9.10. The van der Waals surface area contributed by atoms with E-state index in [1.54, 1.807) is 22.6 Å². The molecular weight excluding hydrogens is 692 g/mol. The summed E-state index contributed by atoms with van der Waals surface area (Å²) >= 11 is 12.0. The Labute approximate surface area is 287 Å². The SMILES string of the molecule is CCNCCNCCOC(=O)N(c1cccc(Br)c1)c1nc(SCCN2CCOCC2)nc2c1cnn2CC(Cl)c1ccccc1. The molecule has 1 amide bonds. The van der Waals surface area contributed by atoms with Crippen LogP contribution in [-0.2, 0) is 16.0 Å². The molecule has 5 rings (SSSR count). The van der Waals surface area contributed by atoms with Gasteiger partial charge in [-0.25, -0.2) is 24.3 Å². The number of thioether (sulfide) groups is 1. The minimum atomic E-state index is -0.539. The summed E-state index contributed by atoms with van der Waals surface area (Å²) in [6.07, 6.45) is 1.16. The maximum atomic E-state index is 13.8. The standard InChI is InChI=1S/C32H40BrClN8O3S/c1-2-35-11-12-36-13-17-45-32(43)42(26-10-6-9-25(33)21-26)30-27-22-37-41(23-28(34)24-7-4-3-5-8-24)29(27)38-31(39-30)46-20-16-40-14-18-44-19-15-40/h3-10,21-22,28,35-36H,2,11-20,23H2,1H3. The van der Waals surface area contributed by atoms with Gasteiger partial charge in [-0.15, -0.1) is 11.6 Å². The van der Waals surface area contributed by atoms with Crippen LogP contribution in [0, 0.1) is 0 Å². The third-order valence-corrected chi connectivity index (χ3v) is 9.10. The number of likely N-dealkylation sites (N-methyl/N-ethyl adjacent to an activating group) is 1. The first-order chi connectivity index (χ1) is 22.5. The van der Waals surface area contributed by atoms with Gasteiger partial charge in [-0.1, -0.05) is 71.0 Å². The third-order valence-electron chi connectivity index (χ3n) is 7.39. The molecule has 2 aromatic carbocycles. The van der Waals surface area contributed by atoms with Crippen LogP contribution in [0.5, 0.6) is 0 Å². The smallest absolute Gasteiger partial charge is 0.420 e. The van der Waals surface area contributed by atoms with Crippen LogP contribution >= 0.6 is 39.3 Å². The number of anilines is 2. The first kappa shape index (κ1) is 34.6. The number of carbonyl (C=O) groups is 1. The second-order valence-corrected chi connectivity index (χ2v) is 13.1. The predicted octanol–water partition coefficient (Wildman–Crippen LogP) is 5.47. The molecule has 1 aliphatic heterocycles. The molecule has 46 heavy (non-hydrogen) atoms. The largest absolute Gasteiger partial charge is 0.448 e. The lowest BCUT2D eigenvalue weighted by Crippen LogP contribution is -2.37. The molecule has 0 radical (unpaired) electrons. The van der Waals surface area contributed by atoms with Crippen molar-refractivity contribution in [1.82, 2.24) is 35.3 Å². The first-order valence-corrected chi connectivity index (χ1v) is 17.7. The molecule has 2 N–H and O–H groups in total. The van der Waals surface area contributed by atoms with Crippen LogP contribution in [0.4, 0.5) is 16.3 Å². The van der Waals surface area contributed by atoms with Crippen molar-refractivity contribution in [3.63, 3.8) is 0 Å². The summed E-state index contributed by atoms with van der Waals surface area (Å²) < 4.78 is 13.9. The molecular formula is C32H40BrClN8O3S. The number of aromatic nitrogens is 4. The lowest BCUT2D eigenvalue weighted by atomic mass is 10.1. The number of carbonyl (C=O) groups excluding carboxylic acids is 1. The predicted molar refractivity (Wildman–Crippen MR) is 187 cm³/mol. The Balaban J connectivity index is 1.45. The minimum absolute atomic E-state index is 0.203. The maximum absolute atomic E-state index is 13.8. The van der Waals surface area contributed by atoms with Gasteiger partial charge in [0.1, 0.15) is 6.61 Å². The Morgan fingerprint density at radius 3 is 2.70 bits per heavy atom. The fraction of sp³-hybridized carbons (Fsp3) is 0.438. The van der Waals surface area contributed by atoms with E-state index in [1.165, 1.54) is 4.90 Å². The van der Waals surface area contributed by atoms with Gasteiger partial charge in [-0.3, -0.25) is 4.90 Å². The van der Waals surface area contributed by atoms with E-state index in [0.717, 1.165) is 68.3 Å². The molecule has 1 fully saturated rings. The molecule has 2 aromatic heterocycles. The van der Waals surface area contributed by atoms with Crippen molar-refractivity contribution in [2.24, 2.45) is 0 Å². The zero-order valence-electron chi connectivity index (χ0n) is 25.9. The van der Waals surface area contributed by atoms with Gasteiger partial charge < -0.3 is 20.1 Å². The number of morpholine rings is 1. The lowest BCUT2D eigenvalue weighted by molar-refractivity contribution is 0.0410. The summed E-state index contributed by atoms with van der Waals surface area (Å²) in [6.45, 7) is 9.89. The highest BCUT2D eigenvalue weighted by Gasteiger charge is 2.27. The van der Waals surface area contributed by atoms with Crippen LogP contribution in [0.2, 0.25) is 0 Å². The number of alkyl halides is 1. The average Bonchev–Trinajstić information content (AvgIpc) is 3.47. The van der Waals surface area contributed by atoms with E-state index < -0.39 is 6.09 Å². The third kappa shape index (κ3) is 9.63. The zero-order valence-corrected chi connectivity index (χ0v) is 29.1. The number of halogens is 2. The molecule has 1 unspecified atom stereocenters. The van der Waals surface area contributed by atoms with Gasteiger partial charge in [0.25, 0.3) is 0 Å². The van der Waals surface area contributed by atoms with Gasteiger partial charge in [0.15, 0.2) is 16.6 Å². The number of rotatable bonds is 16. The fourth-order valence-electron chi connectivity index (χ4n) is 4.98.